The predicted octanol–water partition coefficient (Wildman–Crippen LogP) is 1.10. The second-order valence-electron chi connectivity index (χ2n) is 4.21. The van der Waals surface area contributed by atoms with Crippen LogP contribution in [-0.2, 0) is 9.84 Å². The zero-order valence-electron chi connectivity index (χ0n) is 10.6. The molecule has 1 atom stereocenters. The summed E-state index contributed by atoms with van der Waals surface area (Å²) < 4.78 is 50.0. The maximum absolute atomic E-state index is 13.4. The third-order valence-electron chi connectivity index (χ3n) is 2.45. The number of hydrogen-bond acceptors (Lipinski definition) is 4. The number of aliphatic hydroxyl groups excluding tert-OH is 1. The van der Waals surface area contributed by atoms with Gasteiger partial charge < -0.3 is 10.4 Å². The Hall–Kier alpha value is -1.05. The first kappa shape index (κ1) is 16.0. The van der Waals surface area contributed by atoms with E-state index in [9.17, 15) is 22.3 Å². The summed E-state index contributed by atoms with van der Waals surface area (Å²) in [4.78, 5) is -0.720. The molecule has 0 saturated heterocycles. The first-order chi connectivity index (χ1) is 8.86. The summed E-state index contributed by atoms with van der Waals surface area (Å²) >= 11 is 0. The Kier molecular flexibility index (Phi) is 5.84. The second kappa shape index (κ2) is 6.93. The molecule has 0 aliphatic heterocycles. The van der Waals surface area contributed by atoms with Crippen LogP contribution in [0.1, 0.15) is 13.3 Å². The van der Waals surface area contributed by atoms with E-state index in [4.69, 9.17) is 0 Å². The molecule has 1 unspecified atom stereocenters. The first-order valence-corrected chi connectivity index (χ1v) is 7.58. The third kappa shape index (κ3) is 4.85. The van der Waals surface area contributed by atoms with Crippen molar-refractivity contribution in [1.82, 2.24) is 5.32 Å². The SMILES string of the molecule is CCCNCC(O)CS(=O)(=O)c1cc(F)ccc1F. The lowest BCUT2D eigenvalue weighted by Crippen LogP contribution is -2.33. The molecule has 1 aromatic rings. The fraction of sp³-hybridized carbons (Fsp3) is 0.500. The lowest BCUT2D eigenvalue weighted by atomic mass is 10.3. The minimum atomic E-state index is -4.05. The zero-order chi connectivity index (χ0) is 14.5. The van der Waals surface area contributed by atoms with E-state index in [-0.39, 0.29) is 6.54 Å². The average Bonchev–Trinajstić information content (AvgIpc) is 2.32. The molecule has 0 aliphatic rings. The molecule has 4 nitrogen and oxygen atoms in total. The highest BCUT2D eigenvalue weighted by Gasteiger charge is 2.23. The molecule has 0 fully saturated rings. The van der Waals surface area contributed by atoms with Crippen LogP contribution in [0.15, 0.2) is 23.1 Å². The van der Waals surface area contributed by atoms with Gasteiger partial charge in [-0.25, -0.2) is 17.2 Å². The van der Waals surface area contributed by atoms with Crippen molar-refractivity contribution in [3.05, 3.63) is 29.8 Å². The highest BCUT2D eigenvalue weighted by Crippen LogP contribution is 2.17. The van der Waals surface area contributed by atoms with Crippen LogP contribution in [-0.4, -0.2) is 38.5 Å². The molecule has 0 aliphatic carbocycles. The minimum absolute atomic E-state index is 0.0873. The third-order valence-corrected chi connectivity index (χ3v) is 4.25. The summed E-state index contributed by atoms with van der Waals surface area (Å²) in [6, 6.07) is 2.22. The van der Waals surface area contributed by atoms with Gasteiger partial charge in [0.25, 0.3) is 0 Å². The largest absolute Gasteiger partial charge is 0.391 e. The Morgan fingerprint density at radius 1 is 1.37 bits per heavy atom. The van der Waals surface area contributed by atoms with Crippen molar-refractivity contribution >= 4 is 9.84 Å². The van der Waals surface area contributed by atoms with Crippen molar-refractivity contribution in [2.45, 2.75) is 24.3 Å². The van der Waals surface area contributed by atoms with Gasteiger partial charge in [0.2, 0.25) is 0 Å². The highest BCUT2D eigenvalue weighted by atomic mass is 32.2. The van der Waals surface area contributed by atoms with Gasteiger partial charge in [-0.15, -0.1) is 0 Å². The van der Waals surface area contributed by atoms with E-state index in [1.165, 1.54) is 0 Å². The molecule has 0 radical (unpaired) electrons. The van der Waals surface area contributed by atoms with E-state index in [1.807, 2.05) is 6.92 Å². The highest BCUT2D eigenvalue weighted by molar-refractivity contribution is 7.91. The van der Waals surface area contributed by atoms with E-state index in [0.29, 0.717) is 12.6 Å². The van der Waals surface area contributed by atoms with Gasteiger partial charge in [0.05, 0.1) is 11.9 Å². The van der Waals surface area contributed by atoms with Gasteiger partial charge in [0.1, 0.15) is 16.5 Å². The molecule has 1 rings (SSSR count). The summed E-state index contributed by atoms with van der Waals surface area (Å²) in [5.41, 5.74) is 0. The molecule has 7 heteroatoms. The van der Waals surface area contributed by atoms with Crippen LogP contribution in [0.4, 0.5) is 8.78 Å². The normalized spacial score (nSPS) is 13.5. The number of hydrogen-bond donors (Lipinski definition) is 2. The van der Waals surface area contributed by atoms with Crippen molar-refractivity contribution in [2.75, 3.05) is 18.8 Å². The molecule has 19 heavy (non-hydrogen) atoms. The first-order valence-electron chi connectivity index (χ1n) is 5.93. The molecular weight excluding hydrogens is 276 g/mol. The molecule has 0 spiro atoms. The van der Waals surface area contributed by atoms with Crippen LogP contribution in [0.2, 0.25) is 0 Å². The van der Waals surface area contributed by atoms with Crippen LogP contribution in [0, 0.1) is 11.6 Å². The summed E-state index contributed by atoms with van der Waals surface area (Å²) in [6.45, 7) is 2.66. The maximum Gasteiger partial charge on any atom is 0.183 e. The van der Waals surface area contributed by atoms with Crippen molar-refractivity contribution in [3.63, 3.8) is 0 Å². The van der Waals surface area contributed by atoms with E-state index >= 15 is 0 Å². The van der Waals surface area contributed by atoms with Crippen LogP contribution in [0.5, 0.6) is 0 Å². The van der Waals surface area contributed by atoms with Gasteiger partial charge >= 0.3 is 0 Å². The average molecular weight is 293 g/mol. The fourth-order valence-corrected chi connectivity index (χ4v) is 3.02. The number of halogens is 2. The van der Waals surface area contributed by atoms with Crippen LogP contribution in [0.25, 0.3) is 0 Å². The maximum atomic E-state index is 13.4. The topological polar surface area (TPSA) is 66.4 Å². The van der Waals surface area contributed by atoms with Crippen molar-refractivity contribution in [2.24, 2.45) is 0 Å². The van der Waals surface area contributed by atoms with Crippen LogP contribution in [0.3, 0.4) is 0 Å². The van der Waals surface area contributed by atoms with Crippen molar-refractivity contribution in [1.29, 1.82) is 0 Å². The number of nitrogens with one attached hydrogen (secondary N) is 1. The zero-order valence-corrected chi connectivity index (χ0v) is 11.4. The summed E-state index contributed by atoms with van der Waals surface area (Å²) in [5, 5.41) is 12.4. The number of sulfone groups is 1. The van der Waals surface area contributed by atoms with Gasteiger partial charge in [0, 0.05) is 6.54 Å². The van der Waals surface area contributed by atoms with Crippen LogP contribution < -0.4 is 5.32 Å². The summed E-state index contributed by atoms with van der Waals surface area (Å²) in [6.07, 6.45) is -0.322. The summed E-state index contributed by atoms with van der Waals surface area (Å²) in [7, 11) is -4.05. The fourth-order valence-electron chi connectivity index (χ4n) is 1.56. The monoisotopic (exact) mass is 293 g/mol. The van der Waals surface area contributed by atoms with Gasteiger partial charge in [-0.2, -0.15) is 0 Å². The number of rotatable bonds is 7. The molecule has 0 aromatic heterocycles. The van der Waals surface area contributed by atoms with Crippen molar-refractivity contribution < 1.29 is 22.3 Å². The Balaban J connectivity index is 2.78. The molecule has 1 aromatic carbocycles. The Morgan fingerprint density at radius 2 is 2.05 bits per heavy atom. The van der Waals surface area contributed by atoms with Crippen molar-refractivity contribution in [3.8, 4) is 0 Å². The van der Waals surface area contributed by atoms with Gasteiger partial charge in [0.15, 0.2) is 9.84 Å². The van der Waals surface area contributed by atoms with E-state index in [1.54, 1.807) is 0 Å². The molecule has 0 heterocycles. The van der Waals surface area contributed by atoms with Gasteiger partial charge in [-0.3, -0.25) is 0 Å². The smallest absolute Gasteiger partial charge is 0.183 e. The van der Waals surface area contributed by atoms with Crippen LogP contribution >= 0.6 is 0 Å². The molecule has 0 amide bonds. The van der Waals surface area contributed by atoms with E-state index < -0.39 is 38.2 Å². The minimum Gasteiger partial charge on any atom is -0.391 e. The van der Waals surface area contributed by atoms with E-state index in [0.717, 1.165) is 18.6 Å². The molecule has 0 bridgehead atoms. The molecule has 0 saturated carbocycles. The number of aliphatic hydroxyl groups is 1. The second-order valence-corrected chi connectivity index (χ2v) is 6.22. The Morgan fingerprint density at radius 3 is 2.68 bits per heavy atom. The Bertz CT molecular complexity index is 520. The molecular formula is C12H17F2NO3S. The number of benzene rings is 1. The summed E-state index contributed by atoms with van der Waals surface area (Å²) in [5.74, 6) is -2.50. The predicted molar refractivity (Wildman–Crippen MR) is 67.6 cm³/mol. The molecule has 2 N–H and O–H groups in total. The Labute approximate surface area is 111 Å². The lowest BCUT2D eigenvalue weighted by Gasteiger charge is -2.12. The standard InChI is InChI=1S/C12H17F2NO3S/c1-2-5-15-7-10(16)8-19(17,18)12-6-9(13)3-4-11(12)14/h3-4,6,10,15-16H,2,5,7-8H2,1H3. The lowest BCUT2D eigenvalue weighted by molar-refractivity contribution is 0.194. The molecule has 108 valence electrons. The quantitative estimate of drug-likeness (QED) is 0.739. The van der Waals surface area contributed by atoms with E-state index in [2.05, 4.69) is 5.32 Å². The van der Waals surface area contributed by atoms with Gasteiger partial charge in [-0.05, 0) is 31.2 Å². The van der Waals surface area contributed by atoms with Gasteiger partial charge in [-0.1, -0.05) is 6.92 Å².